The fourth-order valence-electron chi connectivity index (χ4n) is 4.67. The highest BCUT2D eigenvalue weighted by atomic mass is 79.9. The molecule has 0 amide bonds. The Morgan fingerprint density at radius 2 is 1.59 bits per heavy atom. The number of ether oxygens (including phenoxy) is 1. The zero-order valence-electron chi connectivity index (χ0n) is 19.6. The molecule has 0 aromatic heterocycles. The molecule has 4 aromatic carbocycles. The van der Waals surface area contributed by atoms with E-state index in [-0.39, 0.29) is 5.92 Å². The highest BCUT2D eigenvalue weighted by Gasteiger charge is 2.42. The van der Waals surface area contributed by atoms with E-state index < -0.39 is 5.60 Å². The van der Waals surface area contributed by atoms with Crippen LogP contribution in [0.2, 0.25) is 0 Å². The molecule has 0 saturated carbocycles. The smallest absolute Gasteiger partial charge is 0.123 e. The summed E-state index contributed by atoms with van der Waals surface area (Å²) in [6, 6.07) is 28.7. The summed E-state index contributed by atoms with van der Waals surface area (Å²) in [5, 5.41) is 14.9. The van der Waals surface area contributed by atoms with Gasteiger partial charge < -0.3 is 14.7 Å². The van der Waals surface area contributed by atoms with Crippen LogP contribution in [0.5, 0.6) is 5.75 Å². The molecular weight excluding hydrogens is 554 g/mol. The lowest BCUT2D eigenvalue weighted by Gasteiger charge is -2.39. The number of hydrogen-bond donors (Lipinski definition) is 1. The molecule has 0 radical (unpaired) electrons. The van der Waals surface area contributed by atoms with Crippen molar-refractivity contribution in [2.75, 3.05) is 27.7 Å². The third-order valence-corrected chi connectivity index (χ3v) is 7.54. The number of nitrogens with zero attached hydrogens (tertiary/aromatic N) is 1. The van der Waals surface area contributed by atoms with Crippen LogP contribution in [0.4, 0.5) is 0 Å². The van der Waals surface area contributed by atoms with Crippen molar-refractivity contribution in [3.8, 4) is 5.75 Å². The molecule has 0 aliphatic rings. The van der Waals surface area contributed by atoms with Crippen molar-refractivity contribution >= 4 is 42.6 Å². The molecule has 0 bridgehead atoms. The van der Waals surface area contributed by atoms with Gasteiger partial charge in [0.1, 0.15) is 11.4 Å². The van der Waals surface area contributed by atoms with Gasteiger partial charge in [-0.1, -0.05) is 86.5 Å². The molecule has 0 fully saturated rings. The Hall–Kier alpha value is -2.18. The van der Waals surface area contributed by atoms with Gasteiger partial charge in [0.2, 0.25) is 0 Å². The van der Waals surface area contributed by atoms with Crippen LogP contribution in [0.25, 0.3) is 10.8 Å². The van der Waals surface area contributed by atoms with Crippen LogP contribution in [0, 0.1) is 0 Å². The molecular formula is C29H29Br2NO2. The fourth-order valence-corrected chi connectivity index (χ4v) is 5.67. The van der Waals surface area contributed by atoms with Gasteiger partial charge in [-0.05, 0) is 72.7 Å². The lowest BCUT2D eigenvalue weighted by molar-refractivity contribution is 0.00328. The first-order valence-corrected chi connectivity index (χ1v) is 12.9. The maximum absolute atomic E-state index is 12.7. The molecule has 176 valence electrons. The topological polar surface area (TPSA) is 32.7 Å². The second-order valence-electron chi connectivity index (χ2n) is 8.89. The molecule has 0 aliphatic carbocycles. The average molecular weight is 583 g/mol. The average Bonchev–Trinajstić information content (AvgIpc) is 2.83. The number of benzene rings is 4. The molecule has 0 spiro atoms. The van der Waals surface area contributed by atoms with Gasteiger partial charge in [0.25, 0.3) is 0 Å². The number of aliphatic hydroxyl groups is 1. The summed E-state index contributed by atoms with van der Waals surface area (Å²) in [5.41, 5.74) is 1.66. The van der Waals surface area contributed by atoms with E-state index in [1.165, 1.54) is 0 Å². The fraction of sp³-hybridized carbons (Fsp3) is 0.241. The van der Waals surface area contributed by atoms with Crippen LogP contribution in [-0.4, -0.2) is 37.8 Å². The molecule has 0 saturated heterocycles. The Balaban J connectivity index is 2.03. The Bertz CT molecular complexity index is 1280. The Morgan fingerprint density at radius 1 is 0.882 bits per heavy atom. The first-order chi connectivity index (χ1) is 16.3. The molecule has 0 aliphatic heterocycles. The van der Waals surface area contributed by atoms with E-state index in [9.17, 15) is 5.11 Å². The van der Waals surface area contributed by atoms with Gasteiger partial charge in [0.05, 0.1) is 7.11 Å². The molecule has 4 aromatic rings. The number of rotatable bonds is 8. The zero-order valence-corrected chi connectivity index (χ0v) is 22.8. The second-order valence-corrected chi connectivity index (χ2v) is 10.7. The summed E-state index contributed by atoms with van der Waals surface area (Å²) >= 11 is 7.34. The van der Waals surface area contributed by atoms with Gasteiger partial charge >= 0.3 is 0 Å². The van der Waals surface area contributed by atoms with Crippen molar-refractivity contribution < 1.29 is 9.84 Å². The van der Waals surface area contributed by atoms with Gasteiger partial charge in [-0.3, -0.25) is 0 Å². The lowest BCUT2D eigenvalue weighted by Crippen LogP contribution is -2.38. The van der Waals surface area contributed by atoms with E-state index in [1.54, 1.807) is 7.11 Å². The van der Waals surface area contributed by atoms with Crippen LogP contribution < -0.4 is 4.74 Å². The molecule has 0 heterocycles. The molecule has 5 heteroatoms. The predicted octanol–water partition coefficient (Wildman–Crippen LogP) is 7.34. The van der Waals surface area contributed by atoms with Crippen molar-refractivity contribution in [1.29, 1.82) is 0 Å². The van der Waals surface area contributed by atoms with Crippen LogP contribution in [0.15, 0.2) is 93.9 Å². The SMILES string of the molecule is COc1cc2ccc(Br)cc2cc1[C@@H](c1ccccc1)[C@](O)(CCN(C)C)c1ccccc1Br. The molecule has 0 unspecified atom stereocenters. The van der Waals surface area contributed by atoms with E-state index in [1.807, 2.05) is 62.6 Å². The van der Waals surface area contributed by atoms with Crippen LogP contribution in [0.1, 0.15) is 29.0 Å². The Kier molecular flexibility index (Phi) is 7.78. The second kappa shape index (κ2) is 10.6. The molecule has 4 rings (SSSR count). The summed E-state index contributed by atoms with van der Waals surface area (Å²) in [6.45, 7) is 0.725. The number of fused-ring (bicyclic) bond motifs is 1. The quantitative estimate of drug-likeness (QED) is 0.236. The van der Waals surface area contributed by atoms with Gasteiger partial charge in [0.15, 0.2) is 0 Å². The van der Waals surface area contributed by atoms with E-state index in [0.29, 0.717) is 6.42 Å². The van der Waals surface area contributed by atoms with Gasteiger partial charge in [-0.25, -0.2) is 0 Å². The minimum absolute atomic E-state index is 0.356. The molecule has 2 atom stereocenters. The van der Waals surface area contributed by atoms with Crippen molar-refractivity contribution in [2.45, 2.75) is 17.9 Å². The van der Waals surface area contributed by atoms with E-state index in [4.69, 9.17) is 4.74 Å². The number of hydrogen-bond acceptors (Lipinski definition) is 3. The summed E-state index contributed by atoms with van der Waals surface area (Å²) in [7, 11) is 5.77. The number of halogens is 2. The molecule has 34 heavy (non-hydrogen) atoms. The standard InChI is InChI=1S/C29H29Br2NO2/c1-32(2)16-15-29(33,25-11-7-8-12-26(25)31)28(20-9-5-4-6-10-20)24-18-22-17-23(30)14-13-21(22)19-27(24)34-3/h4-14,17-19,28,33H,15-16H2,1-3H3/t28-,29+/m1/s1. The monoisotopic (exact) mass is 581 g/mol. The predicted molar refractivity (Wildman–Crippen MR) is 148 cm³/mol. The zero-order chi connectivity index (χ0) is 24.3. The van der Waals surface area contributed by atoms with E-state index >= 15 is 0 Å². The van der Waals surface area contributed by atoms with Crippen LogP contribution in [-0.2, 0) is 5.60 Å². The van der Waals surface area contributed by atoms with Gasteiger partial charge in [-0.15, -0.1) is 0 Å². The van der Waals surface area contributed by atoms with Crippen molar-refractivity contribution in [2.24, 2.45) is 0 Å². The van der Waals surface area contributed by atoms with E-state index in [2.05, 4.69) is 73.2 Å². The third-order valence-electron chi connectivity index (χ3n) is 6.35. The highest BCUT2D eigenvalue weighted by molar-refractivity contribution is 9.10. The minimum atomic E-state index is -1.20. The summed E-state index contributed by atoms with van der Waals surface area (Å²) in [5.74, 6) is 0.407. The van der Waals surface area contributed by atoms with Crippen LogP contribution >= 0.6 is 31.9 Å². The molecule has 1 N–H and O–H groups in total. The number of methoxy groups -OCH3 is 1. The Labute approximate surface area is 218 Å². The first-order valence-electron chi connectivity index (χ1n) is 11.3. The van der Waals surface area contributed by atoms with Gasteiger partial charge in [0, 0.05) is 27.0 Å². The minimum Gasteiger partial charge on any atom is -0.496 e. The van der Waals surface area contributed by atoms with Crippen molar-refractivity contribution in [3.05, 3.63) is 111 Å². The maximum Gasteiger partial charge on any atom is 0.123 e. The van der Waals surface area contributed by atoms with Crippen molar-refractivity contribution in [1.82, 2.24) is 4.90 Å². The highest BCUT2D eigenvalue weighted by Crippen LogP contribution is 2.49. The maximum atomic E-state index is 12.7. The van der Waals surface area contributed by atoms with E-state index in [0.717, 1.165) is 48.7 Å². The summed E-state index contributed by atoms with van der Waals surface area (Å²) in [6.07, 6.45) is 0.544. The Morgan fingerprint density at radius 3 is 2.26 bits per heavy atom. The molecule has 3 nitrogen and oxygen atoms in total. The largest absolute Gasteiger partial charge is 0.496 e. The van der Waals surface area contributed by atoms with Crippen LogP contribution in [0.3, 0.4) is 0 Å². The summed E-state index contributed by atoms with van der Waals surface area (Å²) in [4.78, 5) is 2.11. The third kappa shape index (κ3) is 5.08. The van der Waals surface area contributed by atoms with Gasteiger partial charge in [-0.2, -0.15) is 0 Å². The van der Waals surface area contributed by atoms with Crippen molar-refractivity contribution in [3.63, 3.8) is 0 Å². The summed E-state index contributed by atoms with van der Waals surface area (Å²) < 4.78 is 7.83. The normalized spacial score (nSPS) is 14.2. The lowest BCUT2D eigenvalue weighted by atomic mass is 9.71. The first kappa shape index (κ1) is 24.9.